The Balaban J connectivity index is 3.49. The second-order valence-electron chi connectivity index (χ2n) is 3.24. The summed E-state index contributed by atoms with van der Waals surface area (Å²) in [4.78, 5) is 11.0. The highest BCUT2D eigenvalue weighted by Gasteiger charge is 2.35. The van der Waals surface area contributed by atoms with E-state index in [0.29, 0.717) is 6.07 Å². The molecule has 0 aliphatic heterocycles. The summed E-state index contributed by atoms with van der Waals surface area (Å²) in [6.45, 7) is 2.49. The molecular formula is C10H9F3O2. The van der Waals surface area contributed by atoms with Crippen molar-refractivity contribution in [2.24, 2.45) is 0 Å². The fourth-order valence-corrected chi connectivity index (χ4v) is 1.22. The van der Waals surface area contributed by atoms with E-state index in [1.807, 2.05) is 0 Å². The molecule has 0 aliphatic carbocycles. The minimum absolute atomic E-state index is 0.244. The first-order valence-electron chi connectivity index (χ1n) is 4.15. The van der Waals surface area contributed by atoms with Crippen molar-refractivity contribution in [2.45, 2.75) is 20.0 Å². The van der Waals surface area contributed by atoms with Crippen LogP contribution in [0.1, 0.15) is 28.4 Å². The van der Waals surface area contributed by atoms with Crippen LogP contribution < -0.4 is 0 Å². The molecule has 0 saturated carbocycles. The number of hydrogen-bond acceptors (Lipinski definition) is 2. The quantitative estimate of drug-likeness (QED) is 0.736. The molecule has 1 N–H and O–H groups in total. The van der Waals surface area contributed by atoms with Crippen molar-refractivity contribution in [3.63, 3.8) is 0 Å². The maximum atomic E-state index is 12.5. The number of phenolic OH excluding ortho intramolecular Hbond substituents is 1. The largest absolute Gasteiger partial charge is 0.508 e. The predicted octanol–water partition coefficient (Wildman–Crippen LogP) is 2.92. The highest BCUT2D eigenvalue weighted by atomic mass is 19.4. The maximum Gasteiger partial charge on any atom is 0.417 e. The summed E-state index contributed by atoms with van der Waals surface area (Å²) in [6, 6.07) is 1.62. The topological polar surface area (TPSA) is 37.3 Å². The van der Waals surface area contributed by atoms with Gasteiger partial charge >= 0.3 is 6.18 Å². The molecule has 0 heterocycles. The van der Waals surface area contributed by atoms with Gasteiger partial charge in [0.05, 0.1) is 5.56 Å². The average Bonchev–Trinajstić information content (AvgIpc) is 2.06. The molecule has 2 nitrogen and oxygen atoms in total. The van der Waals surface area contributed by atoms with E-state index in [2.05, 4.69) is 0 Å². The third-order valence-corrected chi connectivity index (χ3v) is 2.02. The minimum atomic E-state index is -4.63. The van der Waals surface area contributed by atoms with Crippen LogP contribution in [0.15, 0.2) is 12.1 Å². The van der Waals surface area contributed by atoms with Crippen LogP contribution in [0.5, 0.6) is 5.75 Å². The number of ketones is 1. The van der Waals surface area contributed by atoms with Crippen molar-refractivity contribution >= 4 is 5.78 Å². The van der Waals surface area contributed by atoms with Crippen molar-refractivity contribution in [3.8, 4) is 5.75 Å². The van der Waals surface area contributed by atoms with Gasteiger partial charge in [-0.2, -0.15) is 13.2 Å². The molecule has 0 fully saturated rings. The fourth-order valence-electron chi connectivity index (χ4n) is 1.22. The highest BCUT2D eigenvalue weighted by Crippen LogP contribution is 2.35. The van der Waals surface area contributed by atoms with Crippen molar-refractivity contribution in [1.29, 1.82) is 0 Å². The summed E-state index contributed by atoms with van der Waals surface area (Å²) in [7, 11) is 0. The number of phenols is 1. The highest BCUT2D eigenvalue weighted by molar-refractivity contribution is 5.96. The van der Waals surface area contributed by atoms with Gasteiger partial charge in [-0.3, -0.25) is 4.79 Å². The molecule has 0 aromatic heterocycles. The normalized spacial score (nSPS) is 11.5. The Kier molecular flexibility index (Phi) is 2.75. The lowest BCUT2D eigenvalue weighted by Crippen LogP contribution is -2.11. The summed E-state index contributed by atoms with van der Waals surface area (Å²) < 4.78 is 37.4. The molecule has 1 aromatic carbocycles. The predicted molar refractivity (Wildman–Crippen MR) is 47.9 cm³/mol. The van der Waals surface area contributed by atoms with E-state index in [1.165, 1.54) is 6.92 Å². The Labute approximate surface area is 84.3 Å². The standard InChI is InChI=1S/C10H9F3O2/c1-5-3-7(6(2)14)8(4-9(5)15)10(11,12)13/h3-4,15H,1-2H3. The number of aryl methyl sites for hydroxylation is 1. The van der Waals surface area contributed by atoms with Crippen LogP contribution in [0.4, 0.5) is 13.2 Å². The van der Waals surface area contributed by atoms with Gasteiger partial charge in [-0.1, -0.05) is 0 Å². The third-order valence-electron chi connectivity index (χ3n) is 2.02. The van der Waals surface area contributed by atoms with Crippen LogP contribution in [0.25, 0.3) is 0 Å². The van der Waals surface area contributed by atoms with E-state index < -0.39 is 28.8 Å². The molecule has 82 valence electrons. The van der Waals surface area contributed by atoms with Crippen LogP contribution in [-0.4, -0.2) is 10.9 Å². The lowest BCUT2D eigenvalue weighted by Gasteiger charge is -2.12. The summed E-state index contributed by atoms with van der Waals surface area (Å²) in [5, 5.41) is 9.16. The molecule has 15 heavy (non-hydrogen) atoms. The Bertz CT molecular complexity index is 408. The van der Waals surface area contributed by atoms with E-state index in [-0.39, 0.29) is 5.56 Å². The molecule has 0 saturated heterocycles. The van der Waals surface area contributed by atoms with Crippen molar-refractivity contribution < 1.29 is 23.1 Å². The molecule has 1 aromatic rings. The van der Waals surface area contributed by atoms with Crippen LogP contribution in [-0.2, 0) is 6.18 Å². The maximum absolute atomic E-state index is 12.5. The molecule has 1 rings (SSSR count). The molecule has 0 spiro atoms. The number of carbonyl (C=O) groups excluding carboxylic acids is 1. The van der Waals surface area contributed by atoms with Gasteiger partial charge in [-0.15, -0.1) is 0 Å². The van der Waals surface area contributed by atoms with Gasteiger partial charge in [0.1, 0.15) is 5.75 Å². The molecule has 0 radical (unpaired) electrons. The molecule has 0 amide bonds. The third kappa shape index (κ3) is 2.29. The second kappa shape index (κ2) is 3.56. The Hall–Kier alpha value is -1.52. The van der Waals surface area contributed by atoms with Crippen LogP contribution in [0.3, 0.4) is 0 Å². The zero-order valence-corrected chi connectivity index (χ0v) is 8.14. The van der Waals surface area contributed by atoms with Crippen molar-refractivity contribution in [3.05, 3.63) is 28.8 Å². The van der Waals surface area contributed by atoms with Gasteiger partial charge in [-0.25, -0.2) is 0 Å². The van der Waals surface area contributed by atoms with Crippen LogP contribution >= 0.6 is 0 Å². The van der Waals surface area contributed by atoms with Crippen LogP contribution in [0, 0.1) is 6.92 Å². The summed E-state index contributed by atoms with van der Waals surface area (Å²) >= 11 is 0. The zero-order chi connectivity index (χ0) is 11.8. The van der Waals surface area contributed by atoms with E-state index in [9.17, 15) is 18.0 Å². The molecule has 0 atom stereocenters. The van der Waals surface area contributed by atoms with E-state index >= 15 is 0 Å². The van der Waals surface area contributed by atoms with E-state index in [1.54, 1.807) is 0 Å². The van der Waals surface area contributed by atoms with Crippen LogP contribution in [0.2, 0.25) is 0 Å². The lowest BCUT2D eigenvalue weighted by molar-refractivity contribution is -0.138. The molecule has 0 unspecified atom stereocenters. The number of benzene rings is 1. The SMILES string of the molecule is CC(=O)c1cc(C)c(O)cc1C(F)(F)F. The van der Waals surface area contributed by atoms with Crippen molar-refractivity contribution in [1.82, 2.24) is 0 Å². The minimum Gasteiger partial charge on any atom is -0.508 e. The fraction of sp³-hybridized carbons (Fsp3) is 0.300. The molecule has 5 heteroatoms. The Morgan fingerprint density at radius 2 is 1.87 bits per heavy atom. The summed E-state index contributed by atoms with van der Waals surface area (Å²) in [6.07, 6.45) is -4.63. The second-order valence-corrected chi connectivity index (χ2v) is 3.24. The van der Waals surface area contributed by atoms with Gasteiger partial charge < -0.3 is 5.11 Å². The van der Waals surface area contributed by atoms with Crippen molar-refractivity contribution in [2.75, 3.05) is 0 Å². The Morgan fingerprint density at radius 3 is 2.27 bits per heavy atom. The Morgan fingerprint density at radius 1 is 1.33 bits per heavy atom. The molecule has 0 aliphatic rings. The van der Waals surface area contributed by atoms with Gasteiger partial charge in [0.25, 0.3) is 0 Å². The number of halogens is 3. The van der Waals surface area contributed by atoms with Gasteiger partial charge in [0.2, 0.25) is 0 Å². The number of rotatable bonds is 1. The van der Waals surface area contributed by atoms with Gasteiger partial charge in [-0.05, 0) is 31.5 Å². The van der Waals surface area contributed by atoms with E-state index in [4.69, 9.17) is 5.11 Å². The number of carbonyl (C=O) groups is 1. The average molecular weight is 218 g/mol. The monoisotopic (exact) mass is 218 g/mol. The first-order valence-corrected chi connectivity index (χ1v) is 4.15. The molecule has 0 bridgehead atoms. The smallest absolute Gasteiger partial charge is 0.417 e. The number of aromatic hydroxyl groups is 1. The number of Topliss-reactive ketones (excluding diaryl/α,β-unsaturated/α-hetero) is 1. The first-order chi connectivity index (χ1) is 6.73. The first kappa shape index (κ1) is 11.6. The lowest BCUT2D eigenvalue weighted by atomic mass is 10.0. The van der Waals surface area contributed by atoms with Gasteiger partial charge in [0.15, 0.2) is 5.78 Å². The summed E-state index contributed by atoms with van der Waals surface area (Å²) in [5.41, 5.74) is -1.27. The van der Waals surface area contributed by atoms with Gasteiger partial charge in [0, 0.05) is 5.56 Å². The number of alkyl halides is 3. The summed E-state index contributed by atoms with van der Waals surface area (Å²) in [5.74, 6) is -1.14. The molecular weight excluding hydrogens is 209 g/mol. The zero-order valence-electron chi connectivity index (χ0n) is 8.14. The van der Waals surface area contributed by atoms with E-state index in [0.717, 1.165) is 13.0 Å². The number of hydrogen-bond donors (Lipinski definition) is 1.